The Morgan fingerprint density at radius 2 is 2.25 bits per heavy atom. The van der Waals surface area contributed by atoms with Gasteiger partial charge in [0, 0.05) is 36.5 Å². The molecule has 0 saturated heterocycles. The maximum absolute atomic E-state index is 12.6. The van der Waals surface area contributed by atoms with E-state index in [0.29, 0.717) is 25.3 Å². The maximum atomic E-state index is 12.6. The Bertz CT molecular complexity index is 625. The fourth-order valence-electron chi connectivity index (χ4n) is 2.26. The molecule has 0 aliphatic carbocycles. The van der Waals surface area contributed by atoms with Crippen LogP contribution in [0.5, 0.6) is 0 Å². The van der Waals surface area contributed by atoms with Crippen molar-refractivity contribution >= 4 is 23.4 Å². The molecule has 0 radical (unpaired) electrons. The number of carbonyl (C=O) groups is 1. The van der Waals surface area contributed by atoms with Crippen LogP contribution in [0.25, 0.3) is 0 Å². The number of rotatable bonds is 3. The number of imidazole rings is 1. The number of hydrogen-bond donors (Lipinski definition) is 1. The molecule has 1 aliphatic heterocycles. The Hall–Kier alpha value is -1.79. The molecule has 0 spiro atoms. The lowest BCUT2D eigenvalue weighted by Gasteiger charge is -2.28. The number of amides is 1. The minimum absolute atomic E-state index is 0.0477. The van der Waals surface area contributed by atoms with Crippen molar-refractivity contribution in [2.75, 3.05) is 23.7 Å². The highest BCUT2D eigenvalue weighted by Gasteiger charge is 2.24. The van der Waals surface area contributed by atoms with Crippen LogP contribution in [-0.4, -0.2) is 34.3 Å². The molecule has 0 saturated carbocycles. The smallest absolute Gasteiger partial charge is 0.278 e. The van der Waals surface area contributed by atoms with Crippen molar-refractivity contribution in [1.29, 1.82) is 0 Å². The van der Waals surface area contributed by atoms with E-state index in [1.165, 1.54) is 0 Å². The molecule has 1 aromatic heterocycles. The third-order valence-corrected chi connectivity index (χ3v) is 4.26. The fourth-order valence-corrected chi connectivity index (χ4v) is 3.26. The zero-order chi connectivity index (χ0) is 13.9. The summed E-state index contributed by atoms with van der Waals surface area (Å²) in [5.74, 6) is 0.861. The molecule has 0 bridgehead atoms. The summed E-state index contributed by atoms with van der Waals surface area (Å²) in [6, 6.07) is 7.98. The molecule has 1 aromatic carbocycles. The third kappa shape index (κ3) is 2.44. The van der Waals surface area contributed by atoms with Gasteiger partial charge >= 0.3 is 0 Å². The summed E-state index contributed by atoms with van der Waals surface area (Å²) in [5.41, 5.74) is 6.95. The lowest BCUT2D eigenvalue weighted by Crippen LogP contribution is -2.35. The van der Waals surface area contributed by atoms with Gasteiger partial charge in [-0.1, -0.05) is 12.1 Å². The predicted molar refractivity (Wildman–Crippen MR) is 80.1 cm³/mol. The number of carbonyl (C=O) groups excluding carboxylic acids is 1. The standard InChI is InChI=1S/C14H16N4OS/c15-5-6-17-9-11(16-10-17)14(19)18-7-8-20-13-4-2-1-3-12(13)18/h1-4,9-10H,5-8,15H2. The molecule has 3 rings (SSSR count). The molecule has 20 heavy (non-hydrogen) atoms. The van der Waals surface area contributed by atoms with Crippen molar-refractivity contribution in [2.24, 2.45) is 5.73 Å². The van der Waals surface area contributed by atoms with Crippen LogP contribution in [-0.2, 0) is 6.54 Å². The quantitative estimate of drug-likeness (QED) is 0.931. The van der Waals surface area contributed by atoms with Gasteiger partial charge in [-0.2, -0.15) is 0 Å². The van der Waals surface area contributed by atoms with E-state index < -0.39 is 0 Å². The number of fused-ring (bicyclic) bond motifs is 1. The van der Waals surface area contributed by atoms with Gasteiger partial charge in [-0.05, 0) is 12.1 Å². The summed E-state index contributed by atoms with van der Waals surface area (Å²) in [6.07, 6.45) is 3.42. The summed E-state index contributed by atoms with van der Waals surface area (Å²) in [5, 5.41) is 0. The lowest BCUT2D eigenvalue weighted by atomic mass is 10.2. The van der Waals surface area contributed by atoms with Crippen LogP contribution < -0.4 is 10.6 Å². The number of nitrogens with zero attached hydrogens (tertiary/aromatic N) is 3. The van der Waals surface area contributed by atoms with Gasteiger partial charge in [0.25, 0.3) is 5.91 Å². The average Bonchev–Trinajstić information content (AvgIpc) is 2.95. The van der Waals surface area contributed by atoms with Crippen molar-refractivity contribution in [3.63, 3.8) is 0 Å². The first kappa shape index (κ1) is 13.2. The van der Waals surface area contributed by atoms with Crippen LogP contribution in [0.3, 0.4) is 0 Å². The van der Waals surface area contributed by atoms with E-state index in [0.717, 1.165) is 16.3 Å². The molecule has 0 atom stereocenters. The zero-order valence-corrected chi connectivity index (χ0v) is 11.8. The van der Waals surface area contributed by atoms with E-state index in [2.05, 4.69) is 4.98 Å². The first-order valence-corrected chi connectivity index (χ1v) is 7.53. The summed E-state index contributed by atoms with van der Waals surface area (Å²) in [6.45, 7) is 1.92. The minimum atomic E-state index is -0.0477. The monoisotopic (exact) mass is 288 g/mol. The highest BCUT2D eigenvalue weighted by atomic mass is 32.2. The number of benzene rings is 1. The molecule has 2 N–H and O–H groups in total. The van der Waals surface area contributed by atoms with Crippen LogP contribution in [0.2, 0.25) is 0 Å². The molecule has 1 aliphatic rings. The van der Waals surface area contributed by atoms with Gasteiger partial charge in [-0.3, -0.25) is 4.79 Å². The Morgan fingerprint density at radius 3 is 3.10 bits per heavy atom. The number of anilines is 1. The zero-order valence-electron chi connectivity index (χ0n) is 11.0. The highest BCUT2D eigenvalue weighted by molar-refractivity contribution is 7.99. The summed E-state index contributed by atoms with van der Waals surface area (Å²) >= 11 is 1.78. The van der Waals surface area contributed by atoms with Crippen LogP contribution in [0, 0.1) is 0 Å². The van der Waals surface area contributed by atoms with Gasteiger partial charge in [0.05, 0.1) is 12.0 Å². The van der Waals surface area contributed by atoms with E-state index in [4.69, 9.17) is 5.73 Å². The SMILES string of the molecule is NCCn1cnc(C(=O)N2CCSc3ccccc32)c1. The number of hydrogen-bond acceptors (Lipinski definition) is 4. The number of para-hydroxylation sites is 1. The van der Waals surface area contributed by atoms with Crippen molar-refractivity contribution in [2.45, 2.75) is 11.4 Å². The normalized spacial score (nSPS) is 14.2. The van der Waals surface area contributed by atoms with E-state index in [-0.39, 0.29) is 5.91 Å². The maximum Gasteiger partial charge on any atom is 0.278 e. The largest absolute Gasteiger partial charge is 0.335 e. The van der Waals surface area contributed by atoms with Gasteiger partial charge in [0.2, 0.25) is 0 Å². The Kier molecular flexibility index (Phi) is 3.75. The Morgan fingerprint density at radius 1 is 1.40 bits per heavy atom. The fraction of sp³-hybridized carbons (Fsp3) is 0.286. The topological polar surface area (TPSA) is 64.2 Å². The van der Waals surface area contributed by atoms with Crippen LogP contribution in [0.4, 0.5) is 5.69 Å². The minimum Gasteiger partial charge on any atom is -0.335 e. The number of nitrogens with two attached hydrogens (primary N) is 1. The van der Waals surface area contributed by atoms with Gasteiger partial charge < -0.3 is 15.2 Å². The lowest BCUT2D eigenvalue weighted by molar-refractivity contribution is 0.0983. The van der Waals surface area contributed by atoms with Crippen molar-refractivity contribution in [1.82, 2.24) is 9.55 Å². The van der Waals surface area contributed by atoms with Gasteiger partial charge in [-0.15, -0.1) is 11.8 Å². The average molecular weight is 288 g/mol. The predicted octanol–water partition coefficient (Wildman–Crippen LogP) is 1.59. The van der Waals surface area contributed by atoms with Gasteiger partial charge in [0.15, 0.2) is 0 Å². The molecule has 104 valence electrons. The van der Waals surface area contributed by atoms with Crippen molar-refractivity contribution in [3.8, 4) is 0 Å². The van der Waals surface area contributed by atoms with Gasteiger partial charge in [-0.25, -0.2) is 4.98 Å². The first-order valence-electron chi connectivity index (χ1n) is 6.55. The second-order valence-electron chi connectivity index (χ2n) is 4.56. The highest BCUT2D eigenvalue weighted by Crippen LogP contribution is 2.34. The molecule has 1 amide bonds. The van der Waals surface area contributed by atoms with Crippen molar-refractivity contribution < 1.29 is 4.79 Å². The van der Waals surface area contributed by atoms with E-state index >= 15 is 0 Å². The Balaban J connectivity index is 1.87. The molecule has 0 fully saturated rings. The molecule has 2 aromatic rings. The molecule has 2 heterocycles. The first-order chi connectivity index (χ1) is 9.79. The second kappa shape index (κ2) is 5.68. The molecule has 0 unspecified atom stereocenters. The van der Waals surface area contributed by atoms with Crippen molar-refractivity contribution in [3.05, 3.63) is 42.5 Å². The van der Waals surface area contributed by atoms with Gasteiger partial charge in [0.1, 0.15) is 5.69 Å². The van der Waals surface area contributed by atoms with E-state index in [1.54, 1.807) is 29.2 Å². The van der Waals surface area contributed by atoms with Crippen LogP contribution >= 0.6 is 11.8 Å². The second-order valence-corrected chi connectivity index (χ2v) is 5.70. The van der Waals surface area contributed by atoms with Crippen LogP contribution in [0.15, 0.2) is 41.7 Å². The summed E-state index contributed by atoms with van der Waals surface area (Å²) in [4.78, 5) is 19.7. The Labute approximate surface area is 121 Å². The number of aromatic nitrogens is 2. The summed E-state index contributed by atoms with van der Waals surface area (Å²) in [7, 11) is 0. The number of thioether (sulfide) groups is 1. The molecular formula is C14H16N4OS. The van der Waals surface area contributed by atoms with Crippen LogP contribution in [0.1, 0.15) is 10.5 Å². The van der Waals surface area contributed by atoms with E-state index in [1.807, 2.05) is 28.8 Å². The summed E-state index contributed by atoms with van der Waals surface area (Å²) < 4.78 is 1.85. The molecular weight excluding hydrogens is 272 g/mol. The molecule has 6 heteroatoms. The molecule has 5 nitrogen and oxygen atoms in total. The van der Waals surface area contributed by atoms with E-state index in [9.17, 15) is 4.79 Å². The third-order valence-electron chi connectivity index (χ3n) is 3.21.